The van der Waals surface area contributed by atoms with Crippen LogP contribution in [0, 0.1) is 0 Å². The highest BCUT2D eigenvalue weighted by Gasteiger charge is 2.15. The van der Waals surface area contributed by atoms with E-state index in [1.165, 1.54) is 0 Å². The van der Waals surface area contributed by atoms with Gasteiger partial charge in [0.25, 0.3) is 0 Å². The molecule has 0 bridgehead atoms. The molecule has 0 aliphatic heterocycles. The van der Waals surface area contributed by atoms with E-state index in [1.54, 1.807) is 12.1 Å². The van der Waals surface area contributed by atoms with Crippen molar-refractivity contribution in [3.8, 4) is 5.75 Å². The Kier molecular flexibility index (Phi) is 9.37. The summed E-state index contributed by atoms with van der Waals surface area (Å²) in [6.07, 6.45) is 3.50. The van der Waals surface area contributed by atoms with Gasteiger partial charge >= 0.3 is 5.97 Å². The van der Waals surface area contributed by atoms with Gasteiger partial charge in [0.05, 0.1) is 12.0 Å². The summed E-state index contributed by atoms with van der Waals surface area (Å²) in [7, 11) is 0. The minimum Gasteiger partial charge on any atom is -0.425 e. The Labute approximate surface area is 135 Å². The third-order valence-corrected chi connectivity index (χ3v) is 3.23. The van der Waals surface area contributed by atoms with Crippen LogP contribution >= 0.6 is 0 Å². The molecule has 0 fully saturated rings. The van der Waals surface area contributed by atoms with Crippen LogP contribution in [0.5, 0.6) is 5.75 Å². The Morgan fingerprint density at radius 3 is 2.48 bits per heavy atom. The second-order valence-corrected chi connectivity index (χ2v) is 5.15. The van der Waals surface area contributed by atoms with Crippen molar-refractivity contribution in [1.29, 1.82) is 0 Å². The molecule has 1 unspecified atom stereocenters. The average molecular weight is 327 g/mol. The zero-order chi connectivity index (χ0) is 17.1. The minimum atomic E-state index is -0.640. The lowest BCUT2D eigenvalue weighted by Gasteiger charge is -2.11. The predicted octanol–water partition coefficient (Wildman–Crippen LogP) is 0.993. The van der Waals surface area contributed by atoms with E-state index in [1.807, 2.05) is 12.1 Å². The van der Waals surface area contributed by atoms with Gasteiger partial charge in [-0.05, 0) is 49.9 Å². The Balaban J connectivity index is 2.34. The second-order valence-electron chi connectivity index (χ2n) is 5.15. The number of carbonyl (C=O) groups is 1. The molecule has 0 aliphatic carbocycles. The predicted molar refractivity (Wildman–Crippen MR) is 82.6 cm³/mol. The van der Waals surface area contributed by atoms with Crippen molar-refractivity contribution >= 4 is 5.97 Å². The number of benzene rings is 1. The smallest absolute Gasteiger partial charge is 0.328 e. The van der Waals surface area contributed by atoms with E-state index in [0.717, 1.165) is 18.4 Å². The molecule has 8 heteroatoms. The number of nitrogens with two attached hydrogens (primary N) is 2. The maximum Gasteiger partial charge on any atom is 0.328 e. The number of rotatable bonds is 11. The van der Waals surface area contributed by atoms with Crippen molar-refractivity contribution < 1.29 is 24.8 Å². The van der Waals surface area contributed by atoms with Crippen LogP contribution in [0.2, 0.25) is 0 Å². The summed E-state index contributed by atoms with van der Waals surface area (Å²) in [5, 5.41) is 16.5. The van der Waals surface area contributed by atoms with Crippen LogP contribution < -0.4 is 16.2 Å². The summed E-state index contributed by atoms with van der Waals surface area (Å²) in [5.41, 5.74) is 12.2. The van der Waals surface area contributed by atoms with Crippen LogP contribution in [0.3, 0.4) is 0 Å². The molecular formula is C15H25N3O5. The highest BCUT2D eigenvalue weighted by atomic mass is 17.1. The molecule has 1 atom stereocenters. The molecule has 1 aromatic rings. The first-order valence-electron chi connectivity index (χ1n) is 7.60. The van der Waals surface area contributed by atoms with E-state index in [-0.39, 0.29) is 12.0 Å². The Morgan fingerprint density at radius 1 is 1.17 bits per heavy atom. The van der Waals surface area contributed by atoms with Crippen molar-refractivity contribution in [3.05, 3.63) is 29.8 Å². The summed E-state index contributed by atoms with van der Waals surface area (Å²) in [5.74, 6) is -0.00433. The fourth-order valence-corrected chi connectivity index (χ4v) is 1.96. The fraction of sp³-hybridized carbons (Fsp3) is 0.533. The van der Waals surface area contributed by atoms with Gasteiger partial charge in [-0.3, -0.25) is 15.3 Å². The highest BCUT2D eigenvalue weighted by Crippen LogP contribution is 2.14. The van der Waals surface area contributed by atoms with E-state index in [0.29, 0.717) is 31.6 Å². The summed E-state index contributed by atoms with van der Waals surface area (Å²) in [6.45, 7) is 0.768. The molecule has 0 spiro atoms. The zero-order valence-corrected chi connectivity index (χ0v) is 13.1. The maximum atomic E-state index is 11.8. The van der Waals surface area contributed by atoms with Gasteiger partial charge in [-0.15, -0.1) is 0 Å². The second kappa shape index (κ2) is 11.1. The molecule has 8 nitrogen and oxygen atoms in total. The molecule has 130 valence electrons. The van der Waals surface area contributed by atoms with E-state index in [4.69, 9.17) is 26.6 Å². The number of nitrogens with zero attached hydrogens (tertiary/aromatic N) is 1. The molecule has 0 radical (unpaired) electrons. The largest absolute Gasteiger partial charge is 0.425 e. The molecule has 6 N–H and O–H groups in total. The van der Waals surface area contributed by atoms with Crippen molar-refractivity contribution in [2.24, 2.45) is 11.5 Å². The third kappa shape index (κ3) is 8.60. The number of carbonyl (C=O) groups excluding carboxylic acids is 1. The van der Waals surface area contributed by atoms with Crippen LogP contribution in [0.15, 0.2) is 24.3 Å². The van der Waals surface area contributed by atoms with Crippen molar-refractivity contribution in [2.45, 2.75) is 38.1 Å². The lowest BCUT2D eigenvalue weighted by atomic mass is 10.1. The van der Waals surface area contributed by atoms with Crippen LogP contribution in [0.25, 0.3) is 0 Å². The monoisotopic (exact) mass is 327 g/mol. The third-order valence-electron chi connectivity index (χ3n) is 3.23. The van der Waals surface area contributed by atoms with Crippen LogP contribution in [-0.4, -0.2) is 41.0 Å². The first kappa shape index (κ1) is 19.5. The van der Waals surface area contributed by atoms with E-state index in [9.17, 15) is 4.79 Å². The summed E-state index contributed by atoms with van der Waals surface area (Å²) in [4.78, 5) is 16.3. The molecule has 0 heterocycles. The van der Waals surface area contributed by atoms with Crippen molar-refractivity contribution in [3.63, 3.8) is 0 Å². The van der Waals surface area contributed by atoms with Crippen LogP contribution in [0.1, 0.15) is 31.2 Å². The quantitative estimate of drug-likeness (QED) is 0.205. The first-order chi connectivity index (χ1) is 11.0. The molecule has 0 aliphatic rings. The number of esters is 1. The summed E-state index contributed by atoms with van der Waals surface area (Å²) < 4.78 is 5.23. The van der Waals surface area contributed by atoms with E-state index < -0.39 is 12.0 Å². The summed E-state index contributed by atoms with van der Waals surface area (Å²) >= 11 is 0. The number of aryl methyl sites for hydroxylation is 1. The number of hydrogen-bond donors (Lipinski definition) is 4. The summed E-state index contributed by atoms with van der Waals surface area (Å²) in [6, 6.07) is 6.42. The normalized spacial score (nSPS) is 12.4. The lowest BCUT2D eigenvalue weighted by molar-refractivity contribution is -0.492. The molecule has 0 aromatic heterocycles. The molecule has 1 aromatic carbocycles. The van der Waals surface area contributed by atoms with Crippen LogP contribution in [-0.2, 0) is 16.1 Å². The topological polar surface area (TPSA) is 131 Å². The molecule has 0 amide bonds. The molecule has 0 saturated carbocycles. The van der Waals surface area contributed by atoms with Gasteiger partial charge < -0.3 is 16.2 Å². The lowest BCUT2D eigenvalue weighted by Crippen LogP contribution is -2.34. The van der Waals surface area contributed by atoms with Gasteiger partial charge in [0.2, 0.25) is 0 Å². The number of unbranched alkanes of at least 4 members (excludes halogenated alkanes) is 1. The van der Waals surface area contributed by atoms with Gasteiger partial charge in [-0.2, -0.15) is 0 Å². The SMILES string of the molecule is NCCCCC(N)C(=O)Oc1ccc(CCCON(O)O)cc1. The van der Waals surface area contributed by atoms with Gasteiger partial charge in [0.1, 0.15) is 11.8 Å². The van der Waals surface area contributed by atoms with Gasteiger partial charge in [-0.25, -0.2) is 4.79 Å². The molecule has 0 saturated heterocycles. The van der Waals surface area contributed by atoms with Gasteiger partial charge in [0, 0.05) is 0 Å². The van der Waals surface area contributed by atoms with Crippen molar-refractivity contribution in [2.75, 3.05) is 13.2 Å². The van der Waals surface area contributed by atoms with E-state index >= 15 is 0 Å². The number of ether oxygens (including phenoxy) is 1. The zero-order valence-electron chi connectivity index (χ0n) is 13.1. The van der Waals surface area contributed by atoms with Crippen molar-refractivity contribution in [1.82, 2.24) is 5.39 Å². The Bertz CT molecular complexity index is 453. The highest BCUT2D eigenvalue weighted by molar-refractivity contribution is 5.77. The minimum absolute atomic E-state index is 0.182. The Hall–Kier alpha value is -1.55. The van der Waals surface area contributed by atoms with Gasteiger partial charge in [0.15, 0.2) is 0 Å². The Morgan fingerprint density at radius 2 is 1.87 bits per heavy atom. The molecule has 1 rings (SSSR count). The molecule has 23 heavy (non-hydrogen) atoms. The van der Waals surface area contributed by atoms with Crippen LogP contribution in [0.4, 0.5) is 0 Å². The molecular weight excluding hydrogens is 302 g/mol. The fourth-order valence-electron chi connectivity index (χ4n) is 1.96. The first-order valence-corrected chi connectivity index (χ1v) is 7.60. The average Bonchev–Trinajstić information content (AvgIpc) is 2.53. The standard InChI is InChI=1S/C15H25N3O5/c16-10-2-1-5-14(17)15(19)23-13-8-6-12(7-9-13)4-3-11-22-18(20)21/h6-9,14,20-21H,1-5,10-11,16-17H2. The van der Waals surface area contributed by atoms with Gasteiger partial charge in [-0.1, -0.05) is 18.6 Å². The van der Waals surface area contributed by atoms with E-state index in [2.05, 4.69) is 4.84 Å². The number of hydrogen-bond acceptors (Lipinski definition) is 8. The maximum absolute atomic E-state index is 11.8.